The molecule has 0 unspecified atom stereocenters. The van der Waals surface area contributed by atoms with Crippen LogP contribution in [-0.4, -0.2) is 18.5 Å². The molecule has 0 amide bonds. The Kier molecular flexibility index (Phi) is 4.22. The molecule has 108 valence electrons. The fourth-order valence-corrected chi connectivity index (χ4v) is 3.98. The summed E-state index contributed by atoms with van der Waals surface area (Å²) >= 11 is 3.37. The highest BCUT2D eigenvalue weighted by Gasteiger charge is 2.18. The van der Waals surface area contributed by atoms with E-state index in [9.17, 15) is 8.42 Å². The van der Waals surface area contributed by atoms with Crippen molar-refractivity contribution >= 4 is 31.6 Å². The van der Waals surface area contributed by atoms with Gasteiger partial charge in [-0.3, -0.25) is 4.72 Å². The van der Waals surface area contributed by atoms with Crippen molar-refractivity contribution in [2.45, 2.75) is 25.3 Å². The van der Waals surface area contributed by atoms with Crippen LogP contribution in [0, 0.1) is 13.8 Å². The van der Waals surface area contributed by atoms with Gasteiger partial charge in [0.25, 0.3) is 10.0 Å². The Labute approximate surface area is 126 Å². The number of hydrogen-bond acceptors (Lipinski definition) is 3. The van der Waals surface area contributed by atoms with Crippen LogP contribution in [0.5, 0.6) is 0 Å². The molecule has 5 nitrogen and oxygen atoms in total. The van der Waals surface area contributed by atoms with Gasteiger partial charge in [0.15, 0.2) is 0 Å². The highest BCUT2D eigenvalue weighted by atomic mass is 79.9. The number of H-pyrrole nitrogens is 1. The van der Waals surface area contributed by atoms with Crippen LogP contribution < -0.4 is 4.72 Å². The first kappa shape index (κ1) is 15.1. The molecule has 0 fully saturated rings. The van der Waals surface area contributed by atoms with Crippen molar-refractivity contribution in [3.63, 3.8) is 0 Å². The summed E-state index contributed by atoms with van der Waals surface area (Å²) in [6.07, 6.45) is 1.35. The van der Waals surface area contributed by atoms with Crippen molar-refractivity contribution in [3.05, 3.63) is 45.7 Å². The van der Waals surface area contributed by atoms with E-state index < -0.39 is 10.0 Å². The van der Waals surface area contributed by atoms with Gasteiger partial charge in [0.1, 0.15) is 4.90 Å². The summed E-state index contributed by atoms with van der Waals surface area (Å²) < 4.78 is 27.8. The number of aryl methyl sites for hydroxylation is 2. The van der Waals surface area contributed by atoms with Crippen LogP contribution in [0.1, 0.15) is 16.8 Å². The zero-order chi connectivity index (χ0) is 14.9. The van der Waals surface area contributed by atoms with Crippen molar-refractivity contribution in [1.29, 1.82) is 0 Å². The zero-order valence-electron chi connectivity index (χ0n) is 11.1. The Morgan fingerprint density at radius 1 is 1.30 bits per heavy atom. The van der Waals surface area contributed by atoms with Gasteiger partial charge in [-0.2, -0.15) is 0 Å². The van der Waals surface area contributed by atoms with E-state index in [1.807, 2.05) is 26.0 Å². The maximum absolute atomic E-state index is 12.3. The van der Waals surface area contributed by atoms with E-state index in [0.717, 1.165) is 11.1 Å². The number of benzene rings is 1. The van der Waals surface area contributed by atoms with Crippen LogP contribution in [-0.2, 0) is 16.6 Å². The van der Waals surface area contributed by atoms with Crippen LogP contribution in [0.2, 0.25) is 0 Å². The Morgan fingerprint density at radius 2 is 2.00 bits per heavy atom. The molecule has 20 heavy (non-hydrogen) atoms. The monoisotopic (exact) mass is 358 g/mol. The van der Waals surface area contributed by atoms with Gasteiger partial charge < -0.3 is 10.1 Å². The SMILES string of the molecule is Cc1cc(C)c(NS(=O)(=O)c2c[nH]c(CO)c2)c(Br)c1. The topological polar surface area (TPSA) is 82.2 Å². The van der Waals surface area contributed by atoms with E-state index >= 15 is 0 Å². The summed E-state index contributed by atoms with van der Waals surface area (Å²) in [5, 5.41) is 8.97. The van der Waals surface area contributed by atoms with E-state index in [-0.39, 0.29) is 11.5 Å². The average molecular weight is 359 g/mol. The Balaban J connectivity index is 2.38. The smallest absolute Gasteiger partial charge is 0.263 e. The second-order valence-electron chi connectivity index (χ2n) is 4.56. The molecule has 0 aliphatic rings. The lowest BCUT2D eigenvalue weighted by Gasteiger charge is -2.12. The maximum Gasteiger partial charge on any atom is 0.263 e. The largest absolute Gasteiger partial charge is 0.390 e. The van der Waals surface area contributed by atoms with Crippen LogP contribution in [0.15, 0.2) is 33.8 Å². The third kappa shape index (κ3) is 3.05. The molecule has 0 saturated heterocycles. The minimum Gasteiger partial charge on any atom is -0.390 e. The minimum absolute atomic E-state index is 0.0911. The van der Waals surface area contributed by atoms with Gasteiger partial charge in [-0.1, -0.05) is 6.07 Å². The predicted octanol–water partition coefficient (Wildman–Crippen LogP) is 2.69. The summed E-state index contributed by atoms with van der Waals surface area (Å²) in [4.78, 5) is 2.80. The molecule has 0 saturated carbocycles. The number of aliphatic hydroxyl groups is 1. The van der Waals surface area contributed by atoms with Gasteiger partial charge in [0.2, 0.25) is 0 Å². The molecule has 1 aromatic heterocycles. The number of halogens is 1. The summed E-state index contributed by atoms with van der Waals surface area (Å²) in [7, 11) is -3.68. The summed E-state index contributed by atoms with van der Waals surface area (Å²) in [6, 6.07) is 5.15. The predicted molar refractivity (Wildman–Crippen MR) is 81.1 cm³/mol. The molecule has 1 aromatic carbocycles. The minimum atomic E-state index is -3.68. The molecule has 2 aromatic rings. The van der Waals surface area contributed by atoms with E-state index in [2.05, 4.69) is 25.6 Å². The normalized spacial score (nSPS) is 11.6. The fourth-order valence-electron chi connectivity index (χ4n) is 1.90. The van der Waals surface area contributed by atoms with Crippen LogP contribution in [0.4, 0.5) is 5.69 Å². The number of aliphatic hydroxyl groups excluding tert-OH is 1. The van der Waals surface area contributed by atoms with Crippen molar-refractivity contribution in [2.75, 3.05) is 4.72 Å². The van der Waals surface area contributed by atoms with Gasteiger partial charge in [-0.25, -0.2) is 8.42 Å². The molecule has 0 atom stereocenters. The quantitative estimate of drug-likeness (QED) is 0.785. The molecule has 0 spiro atoms. The van der Waals surface area contributed by atoms with Crippen molar-refractivity contribution < 1.29 is 13.5 Å². The molecule has 7 heteroatoms. The molecular weight excluding hydrogens is 344 g/mol. The first-order valence-electron chi connectivity index (χ1n) is 5.91. The second-order valence-corrected chi connectivity index (χ2v) is 7.10. The van der Waals surface area contributed by atoms with Gasteiger partial charge in [-0.05, 0) is 53.0 Å². The molecule has 0 radical (unpaired) electrons. The van der Waals surface area contributed by atoms with Gasteiger partial charge >= 0.3 is 0 Å². The number of sulfonamides is 1. The van der Waals surface area contributed by atoms with E-state index in [1.165, 1.54) is 12.3 Å². The van der Waals surface area contributed by atoms with E-state index in [4.69, 9.17) is 5.11 Å². The highest BCUT2D eigenvalue weighted by Crippen LogP contribution is 2.30. The number of aromatic amines is 1. The highest BCUT2D eigenvalue weighted by molar-refractivity contribution is 9.10. The summed E-state index contributed by atoms with van der Waals surface area (Å²) in [6.45, 7) is 3.55. The number of nitrogens with one attached hydrogen (secondary N) is 2. The fraction of sp³-hybridized carbons (Fsp3) is 0.231. The van der Waals surface area contributed by atoms with Crippen LogP contribution in [0.25, 0.3) is 0 Å². The Morgan fingerprint density at radius 3 is 2.55 bits per heavy atom. The first-order chi connectivity index (χ1) is 9.33. The number of hydrogen-bond donors (Lipinski definition) is 3. The third-order valence-corrected chi connectivity index (χ3v) is 4.82. The maximum atomic E-state index is 12.3. The van der Waals surface area contributed by atoms with E-state index in [1.54, 1.807) is 0 Å². The van der Waals surface area contributed by atoms with Crippen LogP contribution >= 0.6 is 15.9 Å². The second kappa shape index (κ2) is 5.59. The Bertz CT molecular complexity index is 715. The van der Waals surface area contributed by atoms with Crippen molar-refractivity contribution in [2.24, 2.45) is 0 Å². The average Bonchev–Trinajstić information content (AvgIpc) is 2.83. The van der Waals surface area contributed by atoms with Crippen LogP contribution in [0.3, 0.4) is 0 Å². The number of aromatic nitrogens is 1. The molecule has 3 N–H and O–H groups in total. The first-order valence-corrected chi connectivity index (χ1v) is 8.19. The molecule has 0 aliphatic heterocycles. The van der Waals surface area contributed by atoms with E-state index in [0.29, 0.717) is 15.9 Å². The Hall–Kier alpha value is -1.31. The molecular formula is C13H15BrN2O3S. The van der Waals surface area contributed by atoms with Gasteiger partial charge in [-0.15, -0.1) is 0 Å². The summed E-state index contributed by atoms with van der Waals surface area (Å²) in [5.74, 6) is 0. The van der Waals surface area contributed by atoms with Crippen molar-refractivity contribution in [3.8, 4) is 0 Å². The molecule has 1 heterocycles. The number of anilines is 1. The van der Waals surface area contributed by atoms with Crippen molar-refractivity contribution in [1.82, 2.24) is 4.98 Å². The summed E-state index contributed by atoms with van der Waals surface area (Å²) in [5.41, 5.74) is 2.84. The standard InChI is InChI=1S/C13H15BrN2O3S/c1-8-3-9(2)13(12(14)4-8)16-20(18,19)11-5-10(7-17)15-6-11/h3-6,15-17H,7H2,1-2H3. The lowest BCUT2D eigenvalue weighted by Crippen LogP contribution is -2.13. The van der Waals surface area contributed by atoms with Gasteiger partial charge in [0, 0.05) is 16.4 Å². The zero-order valence-corrected chi connectivity index (χ0v) is 13.5. The third-order valence-electron chi connectivity index (χ3n) is 2.87. The molecule has 0 aliphatic carbocycles. The number of rotatable bonds is 4. The van der Waals surface area contributed by atoms with Gasteiger partial charge in [0.05, 0.1) is 12.3 Å². The molecule has 0 bridgehead atoms. The lowest BCUT2D eigenvalue weighted by atomic mass is 10.1. The molecule has 2 rings (SSSR count). The lowest BCUT2D eigenvalue weighted by molar-refractivity contribution is 0.277.